The van der Waals surface area contributed by atoms with Gasteiger partial charge in [0.25, 0.3) is 0 Å². The summed E-state index contributed by atoms with van der Waals surface area (Å²) in [6.45, 7) is 3.20. The van der Waals surface area contributed by atoms with Crippen LogP contribution in [-0.4, -0.2) is 45.1 Å². The molecule has 1 N–H and O–H groups in total. The number of aromatic nitrogens is 2. The zero-order chi connectivity index (χ0) is 15.5. The molecule has 0 aromatic carbocycles. The van der Waals surface area contributed by atoms with Crippen LogP contribution in [0.1, 0.15) is 39.0 Å². The van der Waals surface area contributed by atoms with Crippen molar-refractivity contribution in [2.75, 3.05) is 6.54 Å². The normalized spacial score (nSPS) is 24.0. The Bertz CT molecular complexity index is 522. The number of nitrogens with zero attached hydrogens (tertiary/aromatic N) is 3. The van der Waals surface area contributed by atoms with E-state index in [9.17, 15) is 9.59 Å². The van der Waals surface area contributed by atoms with Crippen LogP contribution >= 0.6 is 0 Å². The third-order valence-corrected chi connectivity index (χ3v) is 4.70. The van der Waals surface area contributed by atoms with Crippen LogP contribution in [0.5, 0.6) is 0 Å². The van der Waals surface area contributed by atoms with Gasteiger partial charge in [0.15, 0.2) is 0 Å². The monoisotopic (exact) mass is 304 g/mol. The molecule has 1 aromatic rings. The molecule has 6 nitrogen and oxygen atoms in total. The van der Waals surface area contributed by atoms with Gasteiger partial charge in [-0.1, -0.05) is 12.8 Å². The summed E-state index contributed by atoms with van der Waals surface area (Å²) in [5.41, 5.74) is 0. The van der Waals surface area contributed by atoms with E-state index in [1.54, 1.807) is 10.9 Å². The largest absolute Gasteiger partial charge is 0.351 e. The van der Waals surface area contributed by atoms with Crippen LogP contribution in [0, 0.1) is 5.92 Å². The Morgan fingerprint density at radius 2 is 2.23 bits per heavy atom. The van der Waals surface area contributed by atoms with Gasteiger partial charge in [-0.2, -0.15) is 5.10 Å². The van der Waals surface area contributed by atoms with Crippen LogP contribution in [-0.2, 0) is 16.1 Å². The molecule has 1 aliphatic carbocycles. The second-order valence-corrected chi connectivity index (χ2v) is 6.52. The van der Waals surface area contributed by atoms with Crippen molar-refractivity contribution < 1.29 is 9.59 Å². The molecule has 120 valence electrons. The molecular formula is C16H24N4O2. The molecular weight excluding hydrogens is 280 g/mol. The maximum absolute atomic E-state index is 12.4. The van der Waals surface area contributed by atoms with Gasteiger partial charge in [-0.05, 0) is 25.8 Å². The van der Waals surface area contributed by atoms with Gasteiger partial charge in [0.05, 0.1) is 12.5 Å². The lowest BCUT2D eigenvalue weighted by atomic mass is 10.1. The number of likely N-dealkylation sites (tertiary alicyclic amines) is 1. The molecule has 0 spiro atoms. The van der Waals surface area contributed by atoms with Gasteiger partial charge in [-0.25, -0.2) is 0 Å². The van der Waals surface area contributed by atoms with E-state index in [2.05, 4.69) is 10.4 Å². The highest BCUT2D eigenvalue weighted by Gasteiger charge is 2.38. The predicted molar refractivity (Wildman–Crippen MR) is 81.9 cm³/mol. The fraction of sp³-hybridized carbons (Fsp3) is 0.688. The smallest absolute Gasteiger partial charge is 0.225 e. The van der Waals surface area contributed by atoms with E-state index in [0.717, 1.165) is 12.8 Å². The number of carbonyl (C=O) groups is 2. The molecule has 1 saturated heterocycles. The van der Waals surface area contributed by atoms with Crippen LogP contribution in [0.15, 0.2) is 18.5 Å². The molecule has 0 radical (unpaired) electrons. The van der Waals surface area contributed by atoms with E-state index in [1.807, 2.05) is 24.1 Å². The molecule has 6 heteroatoms. The van der Waals surface area contributed by atoms with Crippen LogP contribution in [0.4, 0.5) is 0 Å². The number of nitrogens with one attached hydrogen (secondary N) is 1. The Kier molecular flexibility index (Phi) is 4.45. The lowest BCUT2D eigenvalue weighted by Crippen LogP contribution is -2.41. The lowest BCUT2D eigenvalue weighted by Gasteiger charge is -2.24. The first kappa shape index (κ1) is 15.1. The molecule has 2 aliphatic rings. The molecule has 0 unspecified atom stereocenters. The molecule has 2 atom stereocenters. The summed E-state index contributed by atoms with van der Waals surface area (Å²) in [6, 6.07) is 2.23. The highest BCUT2D eigenvalue weighted by Crippen LogP contribution is 2.29. The third-order valence-electron chi connectivity index (χ3n) is 4.70. The first-order valence-corrected chi connectivity index (χ1v) is 8.21. The first-order chi connectivity index (χ1) is 10.6. The minimum absolute atomic E-state index is 0.00281. The Hall–Kier alpha value is -1.85. The van der Waals surface area contributed by atoms with Gasteiger partial charge in [0.1, 0.15) is 0 Å². The van der Waals surface area contributed by atoms with Gasteiger partial charge in [-0.3, -0.25) is 14.3 Å². The number of hydrogen-bond donors (Lipinski definition) is 1. The number of hydrogen-bond acceptors (Lipinski definition) is 3. The quantitative estimate of drug-likeness (QED) is 0.888. The van der Waals surface area contributed by atoms with Crippen molar-refractivity contribution in [3.05, 3.63) is 18.5 Å². The minimum Gasteiger partial charge on any atom is -0.351 e. The van der Waals surface area contributed by atoms with Crippen molar-refractivity contribution in [1.82, 2.24) is 20.0 Å². The number of carbonyl (C=O) groups excluding carboxylic acids is 2. The molecule has 2 amide bonds. The van der Waals surface area contributed by atoms with Crippen molar-refractivity contribution in [3.8, 4) is 0 Å². The van der Waals surface area contributed by atoms with Crippen molar-refractivity contribution in [1.29, 1.82) is 0 Å². The van der Waals surface area contributed by atoms with E-state index < -0.39 is 0 Å². The predicted octanol–water partition coefficient (Wildman–Crippen LogP) is 1.18. The first-order valence-electron chi connectivity index (χ1n) is 8.21. The van der Waals surface area contributed by atoms with Gasteiger partial charge in [-0.15, -0.1) is 0 Å². The summed E-state index contributed by atoms with van der Waals surface area (Å²) in [5.74, 6) is -0.0616. The Morgan fingerprint density at radius 3 is 2.91 bits per heavy atom. The summed E-state index contributed by atoms with van der Waals surface area (Å²) >= 11 is 0. The SMILES string of the molecule is C[C@H](Cn1cccn1)NC(=O)[C@H]1CC(=O)N(C2CCCC2)C1. The van der Waals surface area contributed by atoms with Gasteiger partial charge in [0, 0.05) is 37.4 Å². The van der Waals surface area contributed by atoms with E-state index in [-0.39, 0.29) is 23.8 Å². The van der Waals surface area contributed by atoms with Gasteiger partial charge >= 0.3 is 0 Å². The topological polar surface area (TPSA) is 67.2 Å². The fourth-order valence-corrected chi connectivity index (χ4v) is 3.57. The van der Waals surface area contributed by atoms with Crippen molar-refractivity contribution >= 4 is 11.8 Å². The molecule has 3 rings (SSSR count). The van der Waals surface area contributed by atoms with E-state index in [0.29, 0.717) is 25.6 Å². The molecule has 1 aliphatic heterocycles. The zero-order valence-electron chi connectivity index (χ0n) is 13.1. The average molecular weight is 304 g/mol. The summed E-state index contributed by atoms with van der Waals surface area (Å²) in [5, 5.41) is 7.15. The summed E-state index contributed by atoms with van der Waals surface area (Å²) in [6.07, 6.45) is 8.55. The van der Waals surface area contributed by atoms with Crippen molar-refractivity contribution in [2.45, 2.75) is 57.7 Å². The van der Waals surface area contributed by atoms with Crippen LogP contribution in [0.2, 0.25) is 0 Å². The minimum atomic E-state index is -0.201. The molecule has 1 saturated carbocycles. The molecule has 22 heavy (non-hydrogen) atoms. The van der Waals surface area contributed by atoms with Crippen LogP contribution < -0.4 is 5.32 Å². The van der Waals surface area contributed by atoms with Crippen LogP contribution in [0.3, 0.4) is 0 Å². The van der Waals surface area contributed by atoms with Crippen molar-refractivity contribution in [2.24, 2.45) is 5.92 Å². The van der Waals surface area contributed by atoms with E-state index >= 15 is 0 Å². The zero-order valence-corrected chi connectivity index (χ0v) is 13.1. The molecule has 0 bridgehead atoms. The summed E-state index contributed by atoms with van der Waals surface area (Å²) in [7, 11) is 0. The molecule has 2 heterocycles. The lowest BCUT2D eigenvalue weighted by molar-refractivity contribution is -0.130. The highest BCUT2D eigenvalue weighted by atomic mass is 16.2. The standard InChI is InChI=1S/C16H24N4O2/c1-12(10-19-8-4-7-17-19)18-16(22)13-9-15(21)20(11-13)14-5-2-3-6-14/h4,7-8,12-14H,2-3,5-6,9-11H2,1H3,(H,18,22)/t12-,13+/m1/s1. The second-order valence-electron chi connectivity index (χ2n) is 6.52. The fourth-order valence-electron chi connectivity index (χ4n) is 3.57. The maximum atomic E-state index is 12.4. The van der Waals surface area contributed by atoms with E-state index in [4.69, 9.17) is 0 Å². The molecule has 1 aromatic heterocycles. The Labute approximate surface area is 130 Å². The summed E-state index contributed by atoms with van der Waals surface area (Å²) in [4.78, 5) is 26.5. The van der Waals surface area contributed by atoms with Gasteiger partial charge < -0.3 is 10.2 Å². The maximum Gasteiger partial charge on any atom is 0.225 e. The third kappa shape index (κ3) is 3.31. The second kappa shape index (κ2) is 6.50. The number of rotatable bonds is 5. The average Bonchev–Trinajstić information content (AvgIpc) is 3.18. The number of amides is 2. The van der Waals surface area contributed by atoms with Crippen molar-refractivity contribution in [3.63, 3.8) is 0 Å². The molecule has 2 fully saturated rings. The van der Waals surface area contributed by atoms with Crippen LogP contribution in [0.25, 0.3) is 0 Å². The van der Waals surface area contributed by atoms with Gasteiger partial charge in [0.2, 0.25) is 11.8 Å². The highest BCUT2D eigenvalue weighted by molar-refractivity contribution is 5.89. The summed E-state index contributed by atoms with van der Waals surface area (Å²) < 4.78 is 1.80. The Morgan fingerprint density at radius 1 is 1.45 bits per heavy atom. The van der Waals surface area contributed by atoms with E-state index in [1.165, 1.54) is 12.8 Å². The Balaban J connectivity index is 1.51.